The molecule has 0 amide bonds. The molecule has 2 aromatic heterocycles. The van der Waals surface area contributed by atoms with Crippen LogP contribution in [0.2, 0.25) is 0 Å². The van der Waals surface area contributed by atoms with E-state index in [1.54, 1.807) is 41.2 Å². The maximum absolute atomic E-state index is 11.4. The van der Waals surface area contributed by atoms with Crippen LogP contribution in [0, 0.1) is 0 Å². The van der Waals surface area contributed by atoms with E-state index in [2.05, 4.69) is 5.10 Å². The molecule has 3 rings (SSSR count). The van der Waals surface area contributed by atoms with E-state index in [1.807, 2.05) is 0 Å². The van der Waals surface area contributed by atoms with E-state index >= 15 is 0 Å². The molecular formula is C14H13N3O4S. The first-order valence-corrected chi connectivity index (χ1v) is 8.30. The molecule has 22 heavy (non-hydrogen) atoms. The summed E-state index contributed by atoms with van der Waals surface area (Å²) in [5, 5.41) is 13.2. The van der Waals surface area contributed by atoms with Gasteiger partial charge in [0, 0.05) is 25.2 Å². The zero-order valence-corrected chi connectivity index (χ0v) is 12.5. The van der Waals surface area contributed by atoms with Crippen molar-refractivity contribution in [1.82, 2.24) is 14.2 Å². The monoisotopic (exact) mass is 319 g/mol. The SMILES string of the molecule is CS(=O)(=O)c1ccc(Cn2ccn3ncc(C(=O)O)c23)cc1. The van der Waals surface area contributed by atoms with E-state index in [4.69, 9.17) is 0 Å². The van der Waals surface area contributed by atoms with Gasteiger partial charge in [-0.1, -0.05) is 12.1 Å². The number of hydrogen-bond acceptors (Lipinski definition) is 4. The quantitative estimate of drug-likeness (QED) is 0.782. The van der Waals surface area contributed by atoms with Gasteiger partial charge in [-0.05, 0) is 17.7 Å². The van der Waals surface area contributed by atoms with Crippen LogP contribution < -0.4 is 0 Å². The van der Waals surface area contributed by atoms with Crippen molar-refractivity contribution in [2.75, 3.05) is 6.26 Å². The molecule has 0 saturated carbocycles. The van der Waals surface area contributed by atoms with Crippen LogP contribution in [0.5, 0.6) is 0 Å². The highest BCUT2D eigenvalue weighted by atomic mass is 32.2. The highest BCUT2D eigenvalue weighted by molar-refractivity contribution is 7.90. The van der Waals surface area contributed by atoms with Gasteiger partial charge in [0.15, 0.2) is 15.5 Å². The highest BCUT2D eigenvalue weighted by Gasteiger charge is 2.15. The topological polar surface area (TPSA) is 93.7 Å². The normalized spacial score (nSPS) is 11.9. The average molecular weight is 319 g/mol. The standard InChI is InChI=1S/C14H13N3O4S/c1-22(20,21)11-4-2-10(3-5-11)9-16-6-7-17-13(16)12(8-15-17)14(18)19/h2-8H,9H2,1H3,(H,18,19). The van der Waals surface area contributed by atoms with Gasteiger partial charge in [0.2, 0.25) is 0 Å². The van der Waals surface area contributed by atoms with Gasteiger partial charge in [-0.2, -0.15) is 5.10 Å². The Labute approximate surface area is 126 Å². The second-order valence-electron chi connectivity index (χ2n) is 4.97. The van der Waals surface area contributed by atoms with E-state index in [-0.39, 0.29) is 10.5 Å². The summed E-state index contributed by atoms with van der Waals surface area (Å²) in [5.41, 5.74) is 1.47. The fourth-order valence-electron chi connectivity index (χ4n) is 2.28. The predicted octanol–water partition coefficient (Wildman–Crippen LogP) is 1.29. The van der Waals surface area contributed by atoms with Gasteiger partial charge in [-0.3, -0.25) is 0 Å². The third kappa shape index (κ3) is 2.48. The Morgan fingerprint density at radius 2 is 1.91 bits per heavy atom. The van der Waals surface area contributed by atoms with Gasteiger partial charge in [-0.15, -0.1) is 0 Å². The van der Waals surface area contributed by atoms with Gasteiger partial charge in [0.1, 0.15) is 5.56 Å². The number of benzene rings is 1. The summed E-state index contributed by atoms with van der Waals surface area (Å²) >= 11 is 0. The van der Waals surface area contributed by atoms with Crippen LogP contribution in [0.1, 0.15) is 15.9 Å². The van der Waals surface area contributed by atoms with Gasteiger partial charge in [0.25, 0.3) is 0 Å². The predicted molar refractivity (Wildman–Crippen MR) is 78.8 cm³/mol. The second-order valence-corrected chi connectivity index (χ2v) is 6.99. The summed E-state index contributed by atoms with van der Waals surface area (Å²) in [6.45, 7) is 0.423. The minimum atomic E-state index is -3.22. The second kappa shape index (κ2) is 4.99. The average Bonchev–Trinajstić information content (AvgIpc) is 3.01. The van der Waals surface area contributed by atoms with E-state index in [0.717, 1.165) is 11.8 Å². The summed E-state index contributed by atoms with van der Waals surface area (Å²) in [5.74, 6) is -1.04. The van der Waals surface area contributed by atoms with Crippen molar-refractivity contribution in [1.29, 1.82) is 0 Å². The molecule has 8 heteroatoms. The number of aromatic carboxylic acids is 1. The van der Waals surface area contributed by atoms with Gasteiger partial charge < -0.3 is 9.67 Å². The number of rotatable bonds is 4. The third-order valence-corrected chi connectivity index (χ3v) is 4.49. The molecule has 7 nitrogen and oxygen atoms in total. The Balaban J connectivity index is 1.96. The van der Waals surface area contributed by atoms with Crippen molar-refractivity contribution >= 4 is 21.5 Å². The minimum absolute atomic E-state index is 0.123. The van der Waals surface area contributed by atoms with Crippen LogP contribution in [-0.2, 0) is 16.4 Å². The first-order chi connectivity index (χ1) is 10.4. The summed E-state index contributed by atoms with van der Waals surface area (Å²) in [6, 6.07) is 6.51. The molecule has 2 heterocycles. The summed E-state index contributed by atoms with van der Waals surface area (Å²) < 4.78 is 26.1. The van der Waals surface area contributed by atoms with Crippen molar-refractivity contribution in [3.63, 3.8) is 0 Å². The van der Waals surface area contributed by atoms with Gasteiger partial charge in [0.05, 0.1) is 11.1 Å². The van der Waals surface area contributed by atoms with Crippen molar-refractivity contribution in [3.8, 4) is 0 Å². The summed E-state index contributed by atoms with van der Waals surface area (Å²) in [6.07, 6.45) is 5.87. The Kier molecular flexibility index (Phi) is 3.25. The molecule has 3 aromatic rings. The number of carboxylic acids is 1. The number of hydrogen-bond donors (Lipinski definition) is 1. The van der Waals surface area contributed by atoms with E-state index in [9.17, 15) is 18.3 Å². The zero-order valence-electron chi connectivity index (χ0n) is 11.7. The summed E-state index contributed by atoms with van der Waals surface area (Å²) in [4.78, 5) is 11.5. The lowest BCUT2D eigenvalue weighted by Crippen LogP contribution is -2.04. The lowest BCUT2D eigenvalue weighted by molar-refractivity contribution is 0.0698. The Morgan fingerprint density at radius 1 is 1.23 bits per heavy atom. The molecule has 0 spiro atoms. The molecule has 0 fully saturated rings. The fourth-order valence-corrected chi connectivity index (χ4v) is 2.91. The van der Waals surface area contributed by atoms with Crippen molar-refractivity contribution in [2.24, 2.45) is 0 Å². The molecule has 0 saturated heterocycles. The molecule has 1 aromatic carbocycles. The zero-order chi connectivity index (χ0) is 15.9. The number of aromatic nitrogens is 3. The van der Waals surface area contributed by atoms with Crippen LogP contribution in [-0.4, -0.2) is 39.9 Å². The van der Waals surface area contributed by atoms with E-state index in [1.165, 1.54) is 10.7 Å². The van der Waals surface area contributed by atoms with Crippen LogP contribution in [0.4, 0.5) is 0 Å². The maximum Gasteiger partial charge on any atom is 0.341 e. The molecule has 0 aliphatic carbocycles. The van der Waals surface area contributed by atoms with Crippen molar-refractivity contribution in [3.05, 3.63) is 54.0 Å². The number of sulfone groups is 1. The van der Waals surface area contributed by atoms with Gasteiger partial charge in [-0.25, -0.2) is 17.7 Å². The number of carbonyl (C=O) groups is 1. The molecule has 0 atom stereocenters. The van der Waals surface area contributed by atoms with Crippen LogP contribution in [0.3, 0.4) is 0 Å². The van der Waals surface area contributed by atoms with Crippen LogP contribution in [0.15, 0.2) is 47.8 Å². The Morgan fingerprint density at radius 3 is 2.50 bits per heavy atom. The van der Waals surface area contributed by atoms with E-state index < -0.39 is 15.8 Å². The molecule has 0 unspecified atom stereocenters. The lowest BCUT2D eigenvalue weighted by Gasteiger charge is -2.06. The Hall–Kier alpha value is -2.61. The smallest absolute Gasteiger partial charge is 0.341 e. The molecule has 0 aliphatic rings. The molecule has 1 N–H and O–H groups in total. The largest absolute Gasteiger partial charge is 0.477 e. The number of imidazole rings is 1. The fraction of sp³-hybridized carbons (Fsp3) is 0.143. The molecule has 114 valence electrons. The maximum atomic E-state index is 11.4. The molecule has 0 bridgehead atoms. The lowest BCUT2D eigenvalue weighted by atomic mass is 10.2. The van der Waals surface area contributed by atoms with Crippen molar-refractivity contribution in [2.45, 2.75) is 11.4 Å². The van der Waals surface area contributed by atoms with Gasteiger partial charge >= 0.3 is 5.97 Å². The summed E-state index contributed by atoms with van der Waals surface area (Å²) in [7, 11) is -3.22. The first kappa shape index (κ1) is 14.3. The molecule has 0 aliphatic heterocycles. The number of fused-ring (bicyclic) bond motifs is 1. The van der Waals surface area contributed by atoms with Crippen molar-refractivity contribution < 1.29 is 18.3 Å². The Bertz CT molecular complexity index is 952. The minimum Gasteiger partial charge on any atom is -0.477 e. The molecule has 0 radical (unpaired) electrons. The number of carboxylic acid groups (broad SMARTS) is 1. The number of nitrogens with zero attached hydrogens (tertiary/aromatic N) is 3. The molecular weight excluding hydrogens is 306 g/mol. The highest BCUT2D eigenvalue weighted by Crippen LogP contribution is 2.16. The van der Waals surface area contributed by atoms with Crippen LogP contribution >= 0.6 is 0 Å². The first-order valence-electron chi connectivity index (χ1n) is 6.41. The third-order valence-electron chi connectivity index (χ3n) is 3.36. The van der Waals surface area contributed by atoms with Crippen LogP contribution in [0.25, 0.3) is 5.65 Å². The van der Waals surface area contributed by atoms with E-state index in [0.29, 0.717) is 12.2 Å².